The van der Waals surface area contributed by atoms with Gasteiger partial charge in [-0.05, 0) is 19.3 Å². The monoisotopic (exact) mass is 224 g/mol. The van der Waals surface area contributed by atoms with Gasteiger partial charge >= 0.3 is 0 Å². The van der Waals surface area contributed by atoms with Gasteiger partial charge in [-0.15, -0.1) is 0 Å². The summed E-state index contributed by atoms with van der Waals surface area (Å²) >= 11 is 0. The van der Waals surface area contributed by atoms with E-state index in [1.165, 1.54) is 32.1 Å². The first kappa shape index (κ1) is 11.6. The molecular formula is C12H20N2O2. The van der Waals surface area contributed by atoms with Gasteiger partial charge in [0.25, 0.3) is 0 Å². The molecule has 1 aliphatic rings. The fourth-order valence-corrected chi connectivity index (χ4v) is 2.34. The smallest absolute Gasteiger partial charge is 0.226 e. The zero-order valence-corrected chi connectivity index (χ0v) is 9.85. The van der Waals surface area contributed by atoms with E-state index in [-0.39, 0.29) is 0 Å². The predicted molar refractivity (Wildman–Crippen MR) is 59.8 cm³/mol. The quantitative estimate of drug-likeness (QED) is 0.854. The van der Waals surface area contributed by atoms with Crippen molar-refractivity contribution in [2.75, 3.05) is 0 Å². The van der Waals surface area contributed by atoms with E-state index in [4.69, 9.17) is 4.52 Å². The maximum atomic E-state index is 9.27. The largest absolute Gasteiger partial charge is 0.385 e. The van der Waals surface area contributed by atoms with E-state index in [0.29, 0.717) is 11.7 Å². The van der Waals surface area contributed by atoms with Crippen LogP contribution in [0.2, 0.25) is 0 Å². The Morgan fingerprint density at radius 2 is 2.12 bits per heavy atom. The van der Waals surface area contributed by atoms with E-state index in [1.807, 2.05) is 0 Å². The minimum Gasteiger partial charge on any atom is -0.385 e. The third-order valence-electron chi connectivity index (χ3n) is 3.35. The number of aryl methyl sites for hydroxylation is 1. The van der Waals surface area contributed by atoms with Crippen LogP contribution in [0.5, 0.6) is 0 Å². The summed E-state index contributed by atoms with van der Waals surface area (Å²) in [5.74, 6) is 1.90. The van der Waals surface area contributed by atoms with Crippen molar-refractivity contribution in [2.24, 2.45) is 5.92 Å². The fraction of sp³-hybridized carbons (Fsp3) is 0.833. The molecule has 1 unspecified atom stereocenters. The number of aliphatic hydroxyl groups is 1. The Balaban J connectivity index is 1.79. The second-order valence-electron chi connectivity index (χ2n) is 4.76. The molecule has 4 heteroatoms. The standard InChI is InChI=1S/C12H20N2O2/c1-9(15)12-13-11(16-14-12)8-7-10-5-3-2-4-6-10/h9-10,15H,2-8H2,1H3. The number of hydrogen-bond donors (Lipinski definition) is 1. The minimum absolute atomic E-state index is 0.402. The van der Waals surface area contributed by atoms with Gasteiger partial charge in [-0.2, -0.15) is 4.98 Å². The highest BCUT2D eigenvalue weighted by Crippen LogP contribution is 2.27. The molecule has 1 aromatic heterocycles. The van der Waals surface area contributed by atoms with Crippen LogP contribution < -0.4 is 0 Å². The van der Waals surface area contributed by atoms with Gasteiger partial charge in [0.1, 0.15) is 6.10 Å². The van der Waals surface area contributed by atoms with Gasteiger partial charge in [0, 0.05) is 6.42 Å². The minimum atomic E-state index is -0.632. The van der Waals surface area contributed by atoms with Gasteiger partial charge in [0.05, 0.1) is 0 Å². The Labute approximate surface area is 96.1 Å². The predicted octanol–water partition coefficient (Wildman–Crippen LogP) is 2.64. The van der Waals surface area contributed by atoms with Crippen LogP contribution in [0, 0.1) is 5.92 Å². The molecule has 1 aromatic rings. The number of rotatable bonds is 4. The third-order valence-corrected chi connectivity index (χ3v) is 3.35. The van der Waals surface area contributed by atoms with Crippen LogP contribution in [0.3, 0.4) is 0 Å². The molecule has 1 aliphatic carbocycles. The van der Waals surface area contributed by atoms with Crippen LogP contribution in [-0.4, -0.2) is 15.2 Å². The van der Waals surface area contributed by atoms with Crippen molar-refractivity contribution < 1.29 is 9.63 Å². The van der Waals surface area contributed by atoms with Crippen LogP contribution in [0.4, 0.5) is 0 Å². The molecule has 1 fully saturated rings. The molecule has 16 heavy (non-hydrogen) atoms. The zero-order valence-electron chi connectivity index (χ0n) is 9.85. The maximum absolute atomic E-state index is 9.27. The Hall–Kier alpha value is -0.900. The Morgan fingerprint density at radius 3 is 2.75 bits per heavy atom. The average Bonchev–Trinajstić information content (AvgIpc) is 2.76. The summed E-state index contributed by atoms with van der Waals surface area (Å²) in [5.41, 5.74) is 0. The van der Waals surface area contributed by atoms with Crippen molar-refractivity contribution in [3.8, 4) is 0 Å². The molecule has 2 rings (SSSR count). The SMILES string of the molecule is CC(O)c1noc(CCC2CCCCC2)n1. The van der Waals surface area contributed by atoms with Gasteiger partial charge in [-0.25, -0.2) is 0 Å². The van der Waals surface area contributed by atoms with Gasteiger partial charge in [0.15, 0.2) is 5.82 Å². The van der Waals surface area contributed by atoms with Crippen LogP contribution >= 0.6 is 0 Å². The topological polar surface area (TPSA) is 59.2 Å². The molecule has 0 spiro atoms. The Kier molecular flexibility index (Phi) is 3.93. The summed E-state index contributed by atoms with van der Waals surface area (Å²) in [7, 11) is 0. The van der Waals surface area contributed by atoms with Crippen molar-refractivity contribution in [1.29, 1.82) is 0 Å². The van der Waals surface area contributed by atoms with Crippen molar-refractivity contribution in [3.05, 3.63) is 11.7 Å². The molecule has 4 nitrogen and oxygen atoms in total. The van der Waals surface area contributed by atoms with Crippen molar-refractivity contribution in [3.63, 3.8) is 0 Å². The second-order valence-corrected chi connectivity index (χ2v) is 4.76. The summed E-state index contributed by atoms with van der Waals surface area (Å²) in [5, 5.41) is 13.0. The highest BCUT2D eigenvalue weighted by atomic mass is 16.5. The lowest BCUT2D eigenvalue weighted by atomic mass is 9.86. The lowest BCUT2D eigenvalue weighted by molar-refractivity contribution is 0.184. The van der Waals surface area contributed by atoms with Crippen LogP contribution in [0.15, 0.2) is 4.52 Å². The van der Waals surface area contributed by atoms with E-state index in [9.17, 15) is 5.11 Å². The number of hydrogen-bond acceptors (Lipinski definition) is 4. The highest BCUT2D eigenvalue weighted by Gasteiger charge is 2.16. The second kappa shape index (κ2) is 5.43. The molecule has 0 radical (unpaired) electrons. The molecule has 1 heterocycles. The Morgan fingerprint density at radius 1 is 1.38 bits per heavy atom. The molecule has 1 N–H and O–H groups in total. The van der Waals surface area contributed by atoms with E-state index < -0.39 is 6.10 Å². The van der Waals surface area contributed by atoms with Crippen LogP contribution in [-0.2, 0) is 6.42 Å². The first-order valence-corrected chi connectivity index (χ1v) is 6.26. The molecule has 0 amide bonds. The van der Waals surface area contributed by atoms with Gasteiger partial charge in [-0.1, -0.05) is 37.3 Å². The van der Waals surface area contributed by atoms with Gasteiger partial charge in [0.2, 0.25) is 5.89 Å². The third kappa shape index (κ3) is 3.04. The lowest BCUT2D eigenvalue weighted by Gasteiger charge is -2.20. The molecular weight excluding hydrogens is 204 g/mol. The zero-order chi connectivity index (χ0) is 11.4. The molecule has 1 saturated carbocycles. The number of nitrogens with zero attached hydrogens (tertiary/aromatic N) is 2. The summed E-state index contributed by atoms with van der Waals surface area (Å²) < 4.78 is 5.10. The molecule has 0 bridgehead atoms. The highest BCUT2D eigenvalue weighted by molar-refractivity contribution is 4.89. The van der Waals surface area contributed by atoms with Gasteiger partial charge < -0.3 is 9.63 Å². The molecule has 90 valence electrons. The molecule has 0 aliphatic heterocycles. The summed E-state index contributed by atoms with van der Waals surface area (Å²) in [6.45, 7) is 1.65. The normalized spacial score (nSPS) is 19.9. The summed E-state index contributed by atoms with van der Waals surface area (Å²) in [4.78, 5) is 4.17. The van der Waals surface area contributed by atoms with E-state index in [0.717, 1.165) is 18.8 Å². The summed E-state index contributed by atoms with van der Waals surface area (Å²) in [6, 6.07) is 0. The van der Waals surface area contributed by atoms with E-state index in [1.54, 1.807) is 6.92 Å². The summed E-state index contributed by atoms with van der Waals surface area (Å²) in [6.07, 6.45) is 8.18. The van der Waals surface area contributed by atoms with Crippen molar-refractivity contribution in [2.45, 2.75) is 58.0 Å². The number of aliphatic hydroxyl groups excluding tert-OH is 1. The van der Waals surface area contributed by atoms with E-state index >= 15 is 0 Å². The average molecular weight is 224 g/mol. The van der Waals surface area contributed by atoms with Crippen molar-refractivity contribution in [1.82, 2.24) is 10.1 Å². The van der Waals surface area contributed by atoms with Crippen LogP contribution in [0.1, 0.15) is 63.3 Å². The lowest BCUT2D eigenvalue weighted by Crippen LogP contribution is -2.07. The maximum Gasteiger partial charge on any atom is 0.226 e. The molecule has 0 saturated heterocycles. The molecule has 0 aromatic carbocycles. The van der Waals surface area contributed by atoms with Crippen LogP contribution in [0.25, 0.3) is 0 Å². The van der Waals surface area contributed by atoms with Crippen molar-refractivity contribution >= 4 is 0 Å². The fourth-order valence-electron chi connectivity index (χ4n) is 2.34. The first-order chi connectivity index (χ1) is 7.75. The number of aromatic nitrogens is 2. The molecule has 1 atom stereocenters. The van der Waals surface area contributed by atoms with E-state index in [2.05, 4.69) is 10.1 Å². The first-order valence-electron chi connectivity index (χ1n) is 6.26. The van der Waals surface area contributed by atoms with Gasteiger partial charge in [-0.3, -0.25) is 0 Å². The Bertz CT molecular complexity index is 317.